The molecule has 3 nitrogen and oxygen atoms in total. The molecule has 9 aromatic rings. The summed E-state index contributed by atoms with van der Waals surface area (Å²) in [5.41, 5.74) is 13.1. The topological polar surface area (TPSA) is 19.4 Å². The van der Waals surface area contributed by atoms with Crippen LogP contribution in [0.15, 0.2) is 225 Å². The molecule has 0 saturated heterocycles. The largest absolute Gasteiger partial charge is 0.310 e. The predicted octanol–water partition coefficient (Wildman–Crippen LogP) is 14.2. The molecule has 256 valence electrons. The van der Waals surface area contributed by atoms with E-state index in [4.69, 9.17) is 4.98 Å². The third-order valence-corrected chi connectivity index (χ3v) is 9.82. The monoisotopic (exact) mass is 691 g/mol. The van der Waals surface area contributed by atoms with Gasteiger partial charge in [0.05, 0.1) is 5.69 Å². The van der Waals surface area contributed by atoms with E-state index >= 15 is 0 Å². The van der Waals surface area contributed by atoms with Crippen LogP contribution in [-0.2, 0) is 0 Å². The van der Waals surface area contributed by atoms with Gasteiger partial charge in [0.2, 0.25) is 0 Å². The van der Waals surface area contributed by atoms with Crippen molar-refractivity contribution in [2.24, 2.45) is 0 Å². The van der Waals surface area contributed by atoms with Crippen LogP contribution in [0.25, 0.3) is 44.3 Å². The van der Waals surface area contributed by atoms with Gasteiger partial charge < -0.3 is 9.80 Å². The van der Waals surface area contributed by atoms with Crippen LogP contribution in [0.1, 0.15) is 0 Å². The molecule has 0 atom stereocenters. The normalized spacial score (nSPS) is 11.0. The van der Waals surface area contributed by atoms with Crippen molar-refractivity contribution in [2.75, 3.05) is 9.80 Å². The fourth-order valence-corrected chi connectivity index (χ4v) is 7.30. The molecule has 0 spiro atoms. The Kier molecular flexibility index (Phi) is 8.94. The van der Waals surface area contributed by atoms with Crippen LogP contribution in [0.2, 0.25) is 0 Å². The Labute approximate surface area is 316 Å². The first kappa shape index (κ1) is 32.7. The molecule has 0 aliphatic heterocycles. The van der Waals surface area contributed by atoms with Gasteiger partial charge in [-0.15, -0.1) is 0 Å². The summed E-state index contributed by atoms with van der Waals surface area (Å²) in [7, 11) is 0. The van der Waals surface area contributed by atoms with E-state index < -0.39 is 0 Å². The summed E-state index contributed by atoms with van der Waals surface area (Å²) in [6.07, 6.45) is 1.90. The van der Waals surface area contributed by atoms with Crippen LogP contribution in [0.3, 0.4) is 0 Å². The number of anilines is 6. The third kappa shape index (κ3) is 6.63. The Morgan fingerprint density at radius 2 is 0.685 bits per heavy atom. The van der Waals surface area contributed by atoms with E-state index in [0.717, 1.165) is 73.0 Å². The average molecular weight is 692 g/mol. The molecule has 3 heteroatoms. The molecule has 0 unspecified atom stereocenters. The first-order valence-corrected chi connectivity index (χ1v) is 18.3. The molecule has 0 aliphatic carbocycles. The van der Waals surface area contributed by atoms with Gasteiger partial charge in [0.15, 0.2) is 0 Å². The van der Waals surface area contributed by atoms with E-state index in [-0.39, 0.29) is 0 Å². The molecule has 1 aromatic heterocycles. The second kappa shape index (κ2) is 14.8. The number of para-hydroxylation sites is 4. The number of hydrogen-bond donors (Lipinski definition) is 0. The summed E-state index contributed by atoms with van der Waals surface area (Å²) in [5.74, 6) is 0. The van der Waals surface area contributed by atoms with Crippen molar-refractivity contribution in [2.45, 2.75) is 0 Å². The van der Waals surface area contributed by atoms with Crippen molar-refractivity contribution in [1.82, 2.24) is 4.98 Å². The number of nitrogens with zero attached hydrogens (tertiary/aromatic N) is 3. The average Bonchev–Trinajstić information content (AvgIpc) is 3.25. The fraction of sp³-hybridized carbons (Fsp3) is 0. The molecular formula is C51H37N3. The highest BCUT2D eigenvalue weighted by Gasteiger charge is 2.19. The zero-order chi connectivity index (χ0) is 36.1. The lowest BCUT2D eigenvalue weighted by Crippen LogP contribution is -2.13. The molecule has 8 aromatic carbocycles. The lowest BCUT2D eigenvalue weighted by atomic mass is 9.95. The smallest absolute Gasteiger partial charge is 0.0780 e. The molecule has 54 heavy (non-hydrogen) atoms. The van der Waals surface area contributed by atoms with Gasteiger partial charge in [-0.25, -0.2) is 0 Å². The summed E-state index contributed by atoms with van der Waals surface area (Å²) < 4.78 is 0. The second-order valence-electron chi connectivity index (χ2n) is 13.3. The van der Waals surface area contributed by atoms with Crippen LogP contribution in [0.5, 0.6) is 0 Å². The Balaban J connectivity index is 1.22. The van der Waals surface area contributed by atoms with Crippen molar-refractivity contribution >= 4 is 44.9 Å². The van der Waals surface area contributed by atoms with Gasteiger partial charge in [-0.3, -0.25) is 4.98 Å². The van der Waals surface area contributed by atoms with Gasteiger partial charge in [0.25, 0.3) is 0 Å². The summed E-state index contributed by atoms with van der Waals surface area (Å²) >= 11 is 0. The third-order valence-electron chi connectivity index (χ3n) is 9.82. The van der Waals surface area contributed by atoms with Crippen molar-refractivity contribution in [3.05, 3.63) is 225 Å². The molecule has 0 fully saturated rings. The first-order valence-electron chi connectivity index (χ1n) is 18.3. The fourth-order valence-electron chi connectivity index (χ4n) is 7.30. The predicted molar refractivity (Wildman–Crippen MR) is 227 cm³/mol. The van der Waals surface area contributed by atoms with E-state index in [2.05, 4.69) is 228 Å². The molecule has 0 radical (unpaired) electrons. The minimum atomic E-state index is 0.993. The van der Waals surface area contributed by atoms with Gasteiger partial charge in [-0.2, -0.15) is 0 Å². The van der Waals surface area contributed by atoms with Crippen molar-refractivity contribution < 1.29 is 0 Å². The number of rotatable bonds is 9. The molecular weight excluding hydrogens is 655 g/mol. The van der Waals surface area contributed by atoms with Crippen LogP contribution in [0, 0.1) is 0 Å². The molecule has 0 saturated carbocycles. The van der Waals surface area contributed by atoms with E-state index in [0.29, 0.717) is 0 Å². The number of fused-ring (bicyclic) bond motifs is 1. The minimum Gasteiger partial charge on any atom is -0.310 e. The van der Waals surface area contributed by atoms with Crippen molar-refractivity contribution in [1.29, 1.82) is 0 Å². The summed E-state index contributed by atoms with van der Waals surface area (Å²) in [5, 5.41) is 2.34. The minimum absolute atomic E-state index is 0.993. The summed E-state index contributed by atoms with van der Waals surface area (Å²) in [6.45, 7) is 0. The molecule has 0 bridgehead atoms. The van der Waals surface area contributed by atoms with Gasteiger partial charge in [-0.05, 0) is 113 Å². The maximum Gasteiger partial charge on any atom is 0.0780 e. The Hall–Kier alpha value is -7.23. The summed E-state index contributed by atoms with van der Waals surface area (Å²) in [6, 6.07) is 77.5. The van der Waals surface area contributed by atoms with Gasteiger partial charge in [-0.1, -0.05) is 133 Å². The Bertz CT molecular complexity index is 2470. The van der Waals surface area contributed by atoms with Gasteiger partial charge in [0.1, 0.15) is 0 Å². The van der Waals surface area contributed by atoms with Crippen LogP contribution >= 0.6 is 0 Å². The van der Waals surface area contributed by atoms with Gasteiger partial charge in [0, 0.05) is 51.3 Å². The van der Waals surface area contributed by atoms with E-state index in [1.165, 1.54) is 5.39 Å². The number of benzene rings is 8. The highest BCUT2D eigenvalue weighted by Crippen LogP contribution is 2.43. The van der Waals surface area contributed by atoms with Crippen LogP contribution in [-0.4, -0.2) is 4.98 Å². The van der Waals surface area contributed by atoms with Crippen molar-refractivity contribution in [3.8, 4) is 33.5 Å². The number of pyridine rings is 1. The zero-order valence-electron chi connectivity index (χ0n) is 29.7. The lowest BCUT2D eigenvalue weighted by molar-refractivity contribution is 1.25. The molecule has 0 amide bonds. The number of aromatic nitrogens is 1. The highest BCUT2D eigenvalue weighted by molar-refractivity contribution is 5.95. The Morgan fingerprint density at radius 1 is 0.278 bits per heavy atom. The summed E-state index contributed by atoms with van der Waals surface area (Å²) in [4.78, 5) is 9.50. The van der Waals surface area contributed by atoms with E-state index in [9.17, 15) is 0 Å². The van der Waals surface area contributed by atoms with E-state index in [1.54, 1.807) is 0 Å². The molecule has 0 N–H and O–H groups in total. The SMILES string of the molecule is c1ccc(N(c2ccccc2)c2cc(-c3cccc(-c4cccc(-c5nccc6ccccc56)c4)c3)cc(N(c3ccccc3)c3ccccc3)c2)cc1. The highest BCUT2D eigenvalue weighted by atomic mass is 15.2. The first-order chi connectivity index (χ1) is 26.8. The van der Waals surface area contributed by atoms with Crippen LogP contribution in [0.4, 0.5) is 34.1 Å². The zero-order valence-corrected chi connectivity index (χ0v) is 29.7. The molecule has 1 heterocycles. The van der Waals surface area contributed by atoms with Crippen molar-refractivity contribution in [3.63, 3.8) is 0 Å². The molecule has 0 aliphatic rings. The standard InChI is InChI=1S/C51H37N3/c1-5-22-44(23-6-1)53(45-24-7-2-8-25-45)48-35-43(36-49(37-48)54(46-26-9-3-10-27-46)47-28-11-4-12-29-47)41-20-15-18-39(33-41)40-19-16-21-42(34-40)51-50-30-14-13-17-38(50)31-32-52-51/h1-37H. The van der Waals surface area contributed by atoms with Crippen LogP contribution < -0.4 is 9.80 Å². The van der Waals surface area contributed by atoms with E-state index in [1.807, 2.05) is 6.20 Å². The van der Waals surface area contributed by atoms with Gasteiger partial charge >= 0.3 is 0 Å². The second-order valence-corrected chi connectivity index (χ2v) is 13.3. The maximum atomic E-state index is 4.82. The lowest BCUT2D eigenvalue weighted by Gasteiger charge is -2.30. The number of hydrogen-bond acceptors (Lipinski definition) is 3. The molecule has 9 rings (SSSR count). The quantitative estimate of drug-likeness (QED) is 0.150. The Morgan fingerprint density at radius 3 is 1.19 bits per heavy atom. The maximum absolute atomic E-state index is 4.82.